The van der Waals surface area contributed by atoms with Gasteiger partial charge in [-0.25, -0.2) is 4.39 Å². The second kappa shape index (κ2) is 7.21. The molecule has 3 N–H and O–H groups in total. The van der Waals surface area contributed by atoms with Crippen LogP contribution in [-0.2, 0) is 4.74 Å². The van der Waals surface area contributed by atoms with Gasteiger partial charge in [0.2, 0.25) is 0 Å². The van der Waals surface area contributed by atoms with E-state index >= 15 is 0 Å². The van der Waals surface area contributed by atoms with Gasteiger partial charge < -0.3 is 20.3 Å². The second-order valence-corrected chi connectivity index (χ2v) is 3.66. The third kappa shape index (κ3) is 4.68. The van der Waals surface area contributed by atoms with Gasteiger partial charge in [-0.3, -0.25) is 0 Å². The molecule has 4 nitrogen and oxygen atoms in total. The molecule has 0 bridgehead atoms. The maximum atomic E-state index is 13.0. The van der Waals surface area contributed by atoms with Crippen LogP contribution in [-0.4, -0.2) is 31.5 Å². The predicted octanol–water partition coefficient (Wildman–Crippen LogP) is 1.23. The molecular formula is C12H18FNO3. The summed E-state index contributed by atoms with van der Waals surface area (Å²) in [6.07, 6.45) is 0. The average molecular weight is 243 g/mol. The Morgan fingerprint density at radius 2 is 2.12 bits per heavy atom. The Morgan fingerprint density at radius 1 is 1.35 bits per heavy atom. The summed E-state index contributed by atoms with van der Waals surface area (Å²) in [6.45, 7) is 2.75. The third-order valence-electron chi connectivity index (χ3n) is 2.18. The molecule has 5 heteroatoms. The molecule has 1 aromatic rings. The van der Waals surface area contributed by atoms with E-state index in [-0.39, 0.29) is 25.1 Å². The average Bonchev–Trinajstić information content (AvgIpc) is 2.30. The van der Waals surface area contributed by atoms with Gasteiger partial charge in [0.1, 0.15) is 18.2 Å². The lowest BCUT2D eigenvalue weighted by molar-refractivity contribution is 0.0702. The van der Waals surface area contributed by atoms with E-state index in [4.69, 9.17) is 20.3 Å². The fourth-order valence-electron chi connectivity index (χ4n) is 1.38. The zero-order chi connectivity index (χ0) is 12.7. The van der Waals surface area contributed by atoms with Gasteiger partial charge in [0.25, 0.3) is 0 Å². The first-order chi connectivity index (χ1) is 8.15. The molecule has 0 heterocycles. The van der Waals surface area contributed by atoms with Gasteiger partial charge in [-0.2, -0.15) is 0 Å². The Bertz CT molecular complexity index is 345. The fraction of sp³-hybridized carbons (Fsp3) is 0.500. The summed E-state index contributed by atoms with van der Waals surface area (Å²) in [5.41, 5.74) is 6.36. The molecule has 0 aliphatic carbocycles. The van der Waals surface area contributed by atoms with E-state index in [1.807, 2.05) is 0 Å². The lowest BCUT2D eigenvalue weighted by Crippen LogP contribution is -2.12. The molecule has 0 fully saturated rings. The van der Waals surface area contributed by atoms with Crippen LogP contribution < -0.4 is 10.5 Å². The summed E-state index contributed by atoms with van der Waals surface area (Å²) in [6, 6.07) is 3.96. The molecule has 1 atom stereocenters. The minimum atomic E-state index is -0.332. The maximum Gasteiger partial charge on any atom is 0.124 e. The van der Waals surface area contributed by atoms with Crippen LogP contribution >= 0.6 is 0 Å². The number of rotatable bonds is 7. The smallest absolute Gasteiger partial charge is 0.124 e. The molecule has 0 saturated heterocycles. The van der Waals surface area contributed by atoms with Gasteiger partial charge >= 0.3 is 0 Å². The summed E-state index contributed by atoms with van der Waals surface area (Å²) < 4.78 is 23.5. The topological polar surface area (TPSA) is 64.7 Å². The Morgan fingerprint density at radius 3 is 2.76 bits per heavy atom. The van der Waals surface area contributed by atoms with E-state index in [0.717, 1.165) is 0 Å². The molecule has 0 aromatic heterocycles. The highest BCUT2D eigenvalue weighted by Gasteiger charge is 2.09. The van der Waals surface area contributed by atoms with Crippen molar-refractivity contribution >= 4 is 0 Å². The van der Waals surface area contributed by atoms with Gasteiger partial charge in [0.05, 0.1) is 19.8 Å². The monoisotopic (exact) mass is 243 g/mol. The van der Waals surface area contributed by atoms with Gasteiger partial charge in [0.15, 0.2) is 0 Å². The first kappa shape index (κ1) is 13.9. The van der Waals surface area contributed by atoms with Crippen LogP contribution in [0.2, 0.25) is 0 Å². The van der Waals surface area contributed by atoms with Gasteiger partial charge in [-0.1, -0.05) is 0 Å². The molecule has 1 rings (SSSR count). The zero-order valence-electron chi connectivity index (χ0n) is 9.86. The van der Waals surface area contributed by atoms with Crippen molar-refractivity contribution < 1.29 is 19.0 Å². The first-order valence-corrected chi connectivity index (χ1v) is 5.51. The van der Waals surface area contributed by atoms with Gasteiger partial charge in [0, 0.05) is 11.6 Å². The number of aliphatic hydroxyl groups excluding tert-OH is 1. The fourth-order valence-corrected chi connectivity index (χ4v) is 1.38. The van der Waals surface area contributed by atoms with Crippen molar-refractivity contribution in [3.63, 3.8) is 0 Å². The molecule has 0 amide bonds. The van der Waals surface area contributed by atoms with E-state index in [9.17, 15) is 4.39 Å². The number of benzene rings is 1. The van der Waals surface area contributed by atoms with Gasteiger partial charge in [-0.05, 0) is 25.1 Å². The lowest BCUT2D eigenvalue weighted by atomic mass is 10.1. The second-order valence-electron chi connectivity index (χ2n) is 3.66. The van der Waals surface area contributed by atoms with Crippen LogP contribution in [0.1, 0.15) is 18.5 Å². The molecule has 0 radical (unpaired) electrons. The summed E-state index contributed by atoms with van der Waals surface area (Å²) in [5.74, 6) is 0.232. The number of ether oxygens (including phenoxy) is 2. The quantitative estimate of drug-likeness (QED) is 0.707. The molecule has 17 heavy (non-hydrogen) atoms. The van der Waals surface area contributed by atoms with E-state index in [2.05, 4.69) is 0 Å². The maximum absolute atomic E-state index is 13.0. The third-order valence-corrected chi connectivity index (χ3v) is 2.18. The molecule has 0 aliphatic heterocycles. The SMILES string of the molecule is CC(N)c1cc(F)ccc1OCCOCCO. The van der Waals surface area contributed by atoms with Crippen molar-refractivity contribution in [1.29, 1.82) is 0 Å². The largest absolute Gasteiger partial charge is 0.491 e. The van der Waals surface area contributed by atoms with Crippen molar-refractivity contribution in [1.82, 2.24) is 0 Å². The number of aliphatic hydroxyl groups is 1. The van der Waals surface area contributed by atoms with E-state index < -0.39 is 0 Å². The van der Waals surface area contributed by atoms with E-state index in [1.165, 1.54) is 12.1 Å². The molecule has 0 spiro atoms. The molecule has 0 aliphatic rings. The van der Waals surface area contributed by atoms with Crippen molar-refractivity contribution in [2.75, 3.05) is 26.4 Å². The molecule has 1 unspecified atom stereocenters. The number of halogens is 1. The van der Waals surface area contributed by atoms with Crippen LogP contribution in [0.25, 0.3) is 0 Å². The standard InChI is InChI=1S/C12H18FNO3/c1-9(14)11-8-10(13)2-3-12(11)17-7-6-16-5-4-15/h2-3,8-9,15H,4-7,14H2,1H3. The molecule has 1 aromatic carbocycles. The molecule has 96 valence electrons. The normalized spacial score (nSPS) is 12.5. The minimum absolute atomic E-state index is 0.0123. The number of nitrogens with two attached hydrogens (primary N) is 1. The van der Waals surface area contributed by atoms with Crippen molar-refractivity contribution in [2.24, 2.45) is 5.73 Å². The van der Waals surface area contributed by atoms with E-state index in [1.54, 1.807) is 13.0 Å². The van der Waals surface area contributed by atoms with Crippen LogP contribution in [0.4, 0.5) is 4.39 Å². The Hall–Kier alpha value is -1.17. The van der Waals surface area contributed by atoms with Crippen molar-refractivity contribution in [3.8, 4) is 5.75 Å². The predicted molar refractivity (Wildman–Crippen MR) is 62.4 cm³/mol. The highest BCUT2D eigenvalue weighted by molar-refractivity contribution is 5.36. The van der Waals surface area contributed by atoms with Crippen LogP contribution in [0, 0.1) is 5.82 Å². The van der Waals surface area contributed by atoms with Crippen molar-refractivity contribution in [2.45, 2.75) is 13.0 Å². The highest BCUT2D eigenvalue weighted by Crippen LogP contribution is 2.24. The minimum Gasteiger partial charge on any atom is -0.491 e. The summed E-state index contributed by atoms with van der Waals surface area (Å²) >= 11 is 0. The Labute approximate surface area is 100 Å². The molecule has 0 saturated carbocycles. The van der Waals surface area contributed by atoms with Crippen molar-refractivity contribution in [3.05, 3.63) is 29.6 Å². The lowest BCUT2D eigenvalue weighted by Gasteiger charge is -2.14. The number of hydrogen-bond acceptors (Lipinski definition) is 4. The summed E-state index contributed by atoms with van der Waals surface area (Å²) in [4.78, 5) is 0. The first-order valence-electron chi connectivity index (χ1n) is 5.51. The summed E-state index contributed by atoms with van der Waals surface area (Å²) in [7, 11) is 0. The Kier molecular flexibility index (Phi) is 5.90. The zero-order valence-corrected chi connectivity index (χ0v) is 9.86. The highest BCUT2D eigenvalue weighted by atomic mass is 19.1. The van der Waals surface area contributed by atoms with E-state index in [0.29, 0.717) is 24.5 Å². The van der Waals surface area contributed by atoms with Crippen LogP contribution in [0.15, 0.2) is 18.2 Å². The molecular weight excluding hydrogens is 225 g/mol. The van der Waals surface area contributed by atoms with Crippen LogP contribution in [0.3, 0.4) is 0 Å². The summed E-state index contributed by atoms with van der Waals surface area (Å²) in [5, 5.41) is 8.51. The van der Waals surface area contributed by atoms with Crippen LogP contribution in [0.5, 0.6) is 5.75 Å². The van der Waals surface area contributed by atoms with Gasteiger partial charge in [-0.15, -0.1) is 0 Å². The number of hydrogen-bond donors (Lipinski definition) is 2. The Balaban J connectivity index is 2.52.